The Kier molecular flexibility index (Phi) is 2.93. The maximum Gasteiger partial charge on any atom is 0.360 e. The minimum atomic E-state index is -1.44. The molecule has 1 aromatic carbocycles. The van der Waals surface area contributed by atoms with Crippen molar-refractivity contribution in [1.29, 1.82) is 0 Å². The number of benzene rings is 1. The van der Waals surface area contributed by atoms with E-state index in [1.807, 2.05) is 0 Å². The molecule has 0 spiro atoms. The highest BCUT2D eigenvalue weighted by Crippen LogP contribution is 2.16. The Morgan fingerprint density at radius 2 is 2.11 bits per heavy atom. The average molecular weight is 248 g/mol. The molecule has 0 unspecified atom stereocenters. The van der Waals surface area contributed by atoms with Gasteiger partial charge in [0, 0.05) is 12.3 Å². The van der Waals surface area contributed by atoms with Gasteiger partial charge in [-0.2, -0.15) is 5.10 Å². The summed E-state index contributed by atoms with van der Waals surface area (Å²) in [6.45, 7) is 1.67. The van der Waals surface area contributed by atoms with Gasteiger partial charge >= 0.3 is 5.97 Å². The van der Waals surface area contributed by atoms with Gasteiger partial charge in [0.15, 0.2) is 0 Å². The van der Waals surface area contributed by atoms with Crippen LogP contribution in [0.1, 0.15) is 16.1 Å². The standard InChI is InChI=1S/C12H9FN2O3/c1-7-3-2-4-8(13)11(7)15-6-5-9(16)10(14-15)12(17)18/h2-6H,1H3,(H,17,18). The Bertz CT molecular complexity index is 659. The van der Waals surface area contributed by atoms with Crippen LogP contribution in [0.3, 0.4) is 0 Å². The van der Waals surface area contributed by atoms with Crippen molar-refractivity contribution >= 4 is 5.97 Å². The molecule has 0 aliphatic heterocycles. The number of carbonyl (C=O) groups is 1. The summed E-state index contributed by atoms with van der Waals surface area (Å²) in [6, 6.07) is 5.48. The third-order valence-corrected chi connectivity index (χ3v) is 2.43. The first-order chi connectivity index (χ1) is 8.50. The number of aryl methyl sites for hydroxylation is 1. The van der Waals surface area contributed by atoms with Gasteiger partial charge < -0.3 is 5.11 Å². The smallest absolute Gasteiger partial charge is 0.360 e. The molecule has 0 saturated heterocycles. The zero-order chi connectivity index (χ0) is 13.3. The fourth-order valence-corrected chi connectivity index (χ4v) is 1.59. The highest BCUT2D eigenvalue weighted by molar-refractivity contribution is 5.84. The lowest BCUT2D eigenvalue weighted by molar-refractivity contribution is 0.0686. The van der Waals surface area contributed by atoms with E-state index in [4.69, 9.17) is 5.11 Å². The van der Waals surface area contributed by atoms with E-state index >= 15 is 0 Å². The highest BCUT2D eigenvalue weighted by atomic mass is 19.1. The molecular weight excluding hydrogens is 239 g/mol. The molecule has 1 N–H and O–H groups in total. The third kappa shape index (κ3) is 2.00. The van der Waals surface area contributed by atoms with Crippen molar-refractivity contribution in [2.75, 3.05) is 0 Å². The number of para-hydroxylation sites is 1. The lowest BCUT2D eigenvalue weighted by Gasteiger charge is -2.09. The second-order valence-corrected chi connectivity index (χ2v) is 3.68. The zero-order valence-corrected chi connectivity index (χ0v) is 9.42. The summed E-state index contributed by atoms with van der Waals surface area (Å²) in [4.78, 5) is 22.1. The van der Waals surface area contributed by atoms with Crippen molar-refractivity contribution in [3.05, 3.63) is 57.8 Å². The second-order valence-electron chi connectivity index (χ2n) is 3.68. The van der Waals surface area contributed by atoms with Crippen LogP contribution in [0.4, 0.5) is 4.39 Å². The number of aromatic nitrogens is 2. The van der Waals surface area contributed by atoms with Crippen LogP contribution in [-0.4, -0.2) is 20.9 Å². The molecule has 6 heteroatoms. The maximum atomic E-state index is 13.7. The Morgan fingerprint density at radius 1 is 1.39 bits per heavy atom. The Morgan fingerprint density at radius 3 is 2.72 bits per heavy atom. The van der Waals surface area contributed by atoms with Gasteiger partial charge in [-0.05, 0) is 18.6 Å². The Labute approximate surface area is 101 Å². The van der Waals surface area contributed by atoms with Crippen LogP contribution in [-0.2, 0) is 0 Å². The van der Waals surface area contributed by atoms with Gasteiger partial charge in [0.2, 0.25) is 11.1 Å². The van der Waals surface area contributed by atoms with E-state index in [2.05, 4.69) is 5.10 Å². The molecule has 0 aliphatic rings. The van der Waals surface area contributed by atoms with Gasteiger partial charge in [-0.3, -0.25) is 4.79 Å². The summed E-state index contributed by atoms with van der Waals surface area (Å²) in [5.41, 5.74) is -0.643. The first-order valence-corrected chi connectivity index (χ1v) is 5.09. The van der Waals surface area contributed by atoms with Crippen molar-refractivity contribution in [3.8, 4) is 5.69 Å². The van der Waals surface area contributed by atoms with Crippen LogP contribution in [0.25, 0.3) is 5.69 Å². The van der Waals surface area contributed by atoms with Crippen LogP contribution in [0, 0.1) is 12.7 Å². The van der Waals surface area contributed by atoms with Gasteiger partial charge in [0.1, 0.15) is 11.5 Å². The van der Waals surface area contributed by atoms with E-state index in [9.17, 15) is 14.0 Å². The molecule has 1 aromatic heterocycles. The maximum absolute atomic E-state index is 13.7. The normalized spacial score (nSPS) is 10.3. The summed E-state index contributed by atoms with van der Waals surface area (Å²) in [6.07, 6.45) is 1.24. The Hall–Kier alpha value is -2.50. The number of nitrogens with zero attached hydrogens (tertiary/aromatic N) is 2. The molecule has 92 valence electrons. The van der Waals surface area contributed by atoms with Crippen LogP contribution < -0.4 is 5.43 Å². The average Bonchev–Trinajstić information content (AvgIpc) is 2.30. The fourth-order valence-electron chi connectivity index (χ4n) is 1.59. The minimum Gasteiger partial charge on any atom is -0.476 e. The topological polar surface area (TPSA) is 72.2 Å². The molecule has 5 nitrogen and oxygen atoms in total. The molecule has 2 rings (SSSR count). The number of halogens is 1. The molecule has 0 amide bonds. The molecule has 2 aromatic rings. The predicted octanol–water partition coefficient (Wildman–Crippen LogP) is 1.38. The number of aromatic carboxylic acids is 1. The molecule has 0 aliphatic carbocycles. The van der Waals surface area contributed by atoms with E-state index in [0.717, 1.165) is 10.7 Å². The molecule has 1 heterocycles. The van der Waals surface area contributed by atoms with Gasteiger partial charge in [-0.25, -0.2) is 13.9 Å². The first kappa shape index (κ1) is 12.0. The molecule has 0 radical (unpaired) electrons. The number of carboxylic acids is 1. The molecule has 0 saturated carbocycles. The lowest BCUT2D eigenvalue weighted by atomic mass is 10.2. The SMILES string of the molecule is Cc1cccc(F)c1-n1ccc(=O)c(C(=O)O)n1. The third-order valence-electron chi connectivity index (χ3n) is 2.43. The number of hydrogen-bond donors (Lipinski definition) is 1. The van der Waals surface area contributed by atoms with E-state index < -0.39 is 22.9 Å². The van der Waals surface area contributed by atoms with Gasteiger partial charge in [0.05, 0.1) is 0 Å². The quantitative estimate of drug-likeness (QED) is 0.871. The summed E-state index contributed by atoms with van der Waals surface area (Å²) in [7, 11) is 0. The Balaban J connectivity index is 2.69. The van der Waals surface area contributed by atoms with Gasteiger partial charge in [-0.1, -0.05) is 12.1 Å². The second kappa shape index (κ2) is 4.40. The molecule has 0 atom stereocenters. The van der Waals surface area contributed by atoms with Crippen LogP contribution >= 0.6 is 0 Å². The molecular formula is C12H9FN2O3. The number of hydrogen-bond acceptors (Lipinski definition) is 3. The summed E-state index contributed by atoms with van der Waals surface area (Å²) in [5.74, 6) is -1.98. The monoisotopic (exact) mass is 248 g/mol. The van der Waals surface area contributed by atoms with E-state index in [-0.39, 0.29) is 5.69 Å². The van der Waals surface area contributed by atoms with E-state index in [1.165, 1.54) is 18.3 Å². The largest absolute Gasteiger partial charge is 0.476 e. The summed E-state index contributed by atoms with van der Waals surface area (Å²) >= 11 is 0. The van der Waals surface area contributed by atoms with Gasteiger partial charge in [-0.15, -0.1) is 0 Å². The van der Waals surface area contributed by atoms with Crippen LogP contribution in [0.2, 0.25) is 0 Å². The lowest BCUT2D eigenvalue weighted by Crippen LogP contribution is -2.21. The van der Waals surface area contributed by atoms with Crippen molar-refractivity contribution in [2.45, 2.75) is 6.92 Å². The number of carboxylic acid groups (broad SMARTS) is 1. The molecule has 0 fully saturated rings. The van der Waals surface area contributed by atoms with Crippen LogP contribution in [0.5, 0.6) is 0 Å². The molecule has 0 bridgehead atoms. The van der Waals surface area contributed by atoms with Crippen LogP contribution in [0.15, 0.2) is 35.3 Å². The van der Waals surface area contributed by atoms with Crippen molar-refractivity contribution < 1.29 is 14.3 Å². The summed E-state index contributed by atoms with van der Waals surface area (Å²) < 4.78 is 14.7. The van der Waals surface area contributed by atoms with E-state index in [0.29, 0.717) is 5.56 Å². The van der Waals surface area contributed by atoms with Crippen molar-refractivity contribution in [1.82, 2.24) is 9.78 Å². The zero-order valence-electron chi connectivity index (χ0n) is 9.42. The highest BCUT2D eigenvalue weighted by Gasteiger charge is 2.14. The summed E-state index contributed by atoms with van der Waals surface area (Å²) in [5, 5.41) is 12.4. The van der Waals surface area contributed by atoms with E-state index in [1.54, 1.807) is 13.0 Å². The van der Waals surface area contributed by atoms with Crippen molar-refractivity contribution in [3.63, 3.8) is 0 Å². The first-order valence-electron chi connectivity index (χ1n) is 5.09. The molecule has 18 heavy (non-hydrogen) atoms. The van der Waals surface area contributed by atoms with Crippen molar-refractivity contribution in [2.24, 2.45) is 0 Å². The fraction of sp³-hybridized carbons (Fsp3) is 0.0833. The van der Waals surface area contributed by atoms with Gasteiger partial charge in [0.25, 0.3) is 0 Å². The predicted molar refractivity (Wildman–Crippen MR) is 61.5 cm³/mol. The number of rotatable bonds is 2. The minimum absolute atomic E-state index is 0.125.